The van der Waals surface area contributed by atoms with Crippen LogP contribution in [0.4, 0.5) is 13.2 Å². The molecule has 1 aliphatic heterocycles. The topological polar surface area (TPSA) is 50.4 Å². The number of rotatable bonds is 5. The van der Waals surface area contributed by atoms with E-state index in [1.807, 2.05) is 0 Å². The second kappa shape index (κ2) is 9.50. The summed E-state index contributed by atoms with van der Waals surface area (Å²) in [5.74, 6) is -0.335. The van der Waals surface area contributed by atoms with E-state index < -0.39 is 11.8 Å². The number of hydroxylamine groups is 1. The fourth-order valence-electron chi connectivity index (χ4n) is 3.48. The van der Waals surface area contributed by atoms with Gasteiger partial charge in [0.25, 0.3) is 5.91 Å². The fraction of sp³-hybridized carbons (Fsp3) is 0.125. The van der Waals surface area contributed by atoms with Crippen molar-refractivity contribution in [3.05, 3.63) is 110 Å². The van der Waals surface area contributed by atoms with E-state index in [1.165, 1.54) is 6.07 Å². The normalized spacial score (nSPS) is 17.8. The van der Waals surface area contributed by atoms with Crippen LogP contribution in [0.15, 0.2) is 72.8 Å². The van der Waals surface area contributed by atoms with E-state index in [9.17, 15) is 18.0 Å². The lowest BCUT2D eigenvalue weighted by Gasteiger charge is -2.28. The van der Waals surface area contributed by atoms with Crippen LogP contribution >= 0.6 is 34.8 Å². The standard InChI is InChI=1S/C24H16Cl3F3N2O2/c25-17-9-16(10-18(26)11-17)23(24(28,29)30)12-21(32-34-23)15-7-5-14(6-8-15)13-31-22(33)19-3-1-2-4-20(19)27/h1-12,32H,13H2,(H,31,33). The van der Waals surface area contributed by atoms with Crippen molar-refractivity contribution in [2.45, 2.75) is 18.3 Å². The number of hydrogen-bond acceptors (Lipinski definition) is 3. The number of hydrogen-bond donors (Lipinski definition) is 2. The zero-order chi connectivity index (χ0) is 24.5. The van der Waals surface area contributed by atoms with Crippen LogP contribution in [0.5, 0.6) is 0 Å². The number of halogens is 6. The van der Waals surface area contributed by atoms with Crippen molar-refractivity contribution in [2.75, 3.05) is 0 Å². The van der Waals surface area contributed by atoms with Crippen LogP contribution in [0, 0.1) is 0 Å². The molecule has 0 saturated heterocycles. The number of benzene rings is 3. The molecule has 1 unspecified atom stereocenters. The van der Waals surface area contributed by atoms with E-state index in [0.717, 1.165) is 23.8 Å². The molecule has 0 fully saturated rings. The molecule has 0 spiro atoms. The first-order valence-electron chi connectivity index (χ1n) is 9.91. The maximum absolute atomic E-state index is 14.1. The lowest BCUT2D eigenvalue weighted by molar-refractivity contribution is -0.269. The molecular formula is C24H16Cl3F3N2O2. The summed E-state index contributed by atoms with van der Waals surface area (Å²) in [6.45, 7) is 0.209. The summed E-state index contributed by atoms with van der Waals surface area (Å²) in [6, 6.07) is 16.9. The van der Waals surface area contributed by atoms with Gasteiger partial charge in [-0.15, -0.1) is 0 Å². The molecule has 0 bridgehead atoms. The highest BCUT2D eigenvalue weighted by Crippen LogP contribution is 2.48. The first-order valence-corrected chi connectivity index (χ1v) is 11.0. The van der Waals surface area contributed by atoms with Gasteiger partial charge in [0.2, 0.25) is 5.60 Å². The van der Waals surface area contributed by atoms with Crippen molar-refractivity contribution in [1.29, 1.82) is 0 Å². The summed E-state index contributed by atoms with van der Waals surface area (Å²) in [7, 11) is 0. The van der Waals surface area contributed by atoms with Gasteiger partial charge in [0.1, 0.15) is 0 Å². The number of alkyl halides is 3. The molecule has 10 heteroatoms. The molecule has 3 aromatic carbocycles. The Kier molecular flexibility index (Phi) is 6.82. The summed E-state index contributed by atoms with van der Waals surface area (Å²) >= 11 is 17.9. The van der Waals surface area contributed by atoms with E-state index in [1.54, 1.807) is 48.5 Å². The summed E-state index contributed by atoms with van der Waals surface area (Å²) in [5, 5.41) is 3.21. The van der Waals surface area contributed by atoms with Crippen molar-refractivity contribution in [3.8, 4) is 0 Å². The van der Waals surface area contributed by atoms with Gasteiger partial charge in [-0.25, -0.2) is 0 Å². The molecular weight excluding hydrogens is 512 g/mol. The van der Waals surface area contributed by atoms with Crippen LogP contribution in [0.3, 0.4) is 0 Å². The minimum absolute atomic E-state index is 0.0553. The summed E-state index contributed by atoms with van der Waals surface area (Å²) in [4.78, 5) is 17.4. The third-order valence-corrected chi connectivity index (χ3v) is 5.98. The van der Waals surface area contributed by atoms with Crippen LogP contribution in [-0.4, -0.2) is 12.1 Å². The Morgan fingerprint density at radius 3 is 2.24 bits per heavy atom. The highest BCUT2D eigenvalue weighted by atomic mass is 35.5. The largest absolute Gasteiger partial charge is 0.428 e. The third kappa shape index (κ3) is 4.88. The van der Waals surface area contributed by atoms with Gasteiger partial charge in [0, 0.05) is 22.2 Å². The zero-order valence-electron chi connectivity index (χ0n) is 17.2. The van der Waals surface area contributed by atoms with Crippen molar-refractivity contribution in [1.82, 2.24) is 10.8 Å². The second-order valence-electron chi connectivity index (χ2n) is 7.51. The summed E-state index contributed by atoms with van der Waals surface area (Å²) in [5.41, 5.74) is 1.04. The Morgan fingerprint density at radius 2 is 1.62 bits per heavy atom. The van der Waals surface area contributed by atoms with Crippen LogP contribution in [0.2, 0.25) is 15.1 Å². The molecule has 0 aromatic heterocycles. The average molecular weight is 528 g/mol. The molecule has 1 aliphatic rings. The van der Waals surface area contributed by atoms with Crippen LogP contribution < -0.4 is 10.8 Å². The van der Waals surface area contributed by atoms with Crippen LogP contribution in [-0.2, 0) is 17.0 Å². The minimum atomic E-state index is -4.79. The minimum Gasteiger partial charge on any atom is -0.348 e. The van der Waals surface area contributed by atoms with Crippen molar-refractivity contribution >= 4 is 46.4 Å². The number of amides is 1. The molecule has 1 heterocycles. The van der Waals surface area contributed by atoms with Crippen molar-refractivity contribution in [3.63, 3.8) is 0 Å². The third-order valence-electron chi connectivity index (χ3n) is 5.22. The smallest absolute Gasteiger partial charge is 0.348 e. The lowest BCUT2D eigenvalue weighted by atomic mass is 9.91. The average Bonchev–Trinajstić information content (AvgIpc) is 3.25. The molecule has 2 N–H and O–H groups in total. The monoisotopic (exact) mass is 526 g/mol. The van der Waals surface area contributed by atoms with Crippen molar-refractivity contribution < 1.29 is 22.8 Å². The van der Waals surface area contributed by atoms with E-state index in [-0.39, 0.29) is 33.8 Å². The SMILES string of the molecule is O=C(NCc1ccc(C2=CC(c3cc(Cl)cc(Cl)c3)(C(F)(F)F)ON2)cc1)c1ccccc1Cl. The molecule has 0 aliphatic carbocycles. The van der Waals surface area contributed by atoms with Gasteiger partial charge in [-0.3, -0.25) is 15.1 Å². The van der Waals surface area contributed by atoms with Crippen LogP contribution in [0.25, 0.3) is 5.70 Å². The van der Waals surface area contributed by atoms with Gasteiger partial charge in [0.05, 0.1) is 16.3 Å². The van der Waals surface area contributed by atoms with Gasteiger partial charge in [-0.2, -0.15) is 13.2 Å². The maximum Gasteiger partial charge on any atom is 0.428 e. The molecule has 176 valence electrons. The van der Waals surface area contributed by atoms with Gasteiger partial charge >= 0.3 is 6.18 Å². The highest BCUT2D eigenvalue weighted by molar-refractivity contribution is 6.34. The first kappa shape index (κ1) is 24.4. The Morgan fingerprint density at radius 1 is 0.971 bits per heavy atom. The predicted molar refractivity (Wildman–Crippen MR) is 125 cm³/mol. The van der Waals surface area contributed by atoms with Gasteiger partial charge in [-0.1, -0.05) is 71.2 Å². The number of carbonyl (C=O) groups excluding carboxylic acids is 1. The van der Waals surface area contributed by atoms with Gasteiger partial charge < -0.3 is 5.32 Å². The molecule has 0 saturated carbocycles. The molecule has 1 amide bonds. The fourth-order valence-corrected chi connectivity index (χ4v) is 4.23. The molecule has 3 aromatic rings. The molecule has 4 rings (SSSR count). The highest BCUT2D eigenvalue weighted by Gasteiger charge is 2.59. The van der Waals surface area contributed by atoms with Crippen LogP contribution in [0.1, 0.15) is 27.0 Å². The molecule has 1 atom stereocenters. The van der Waals surface area contributed by atoms with E-state index in [4.69, 9.17) is 39.6 Å². The summed E-state index contributed by atoms with van der Waals surface area (Å²) in [6.07, 6.45) is -3.85. The lowest BCUT2D eigenvalue weighted by Crippen LogP contribution is -2.42. The van der Waals surface area contributed by atoms with Gasteiger partial charge in [-0.05, 0) is 47.5 Å². The van der Waals surface area contributed by atoms with E-state index in [2.05, 4.69) is 10.8 Å². The predicted octanol–water partition coefficient (Wildman–Crippen LogP) is 6.91. The maximum atomic E-state index is 14.1. The Bertz CT molecular complexity index is 1240. The number of carbonyl (C=O) groups is 1. The van der Waals surface area contributed by atoms with E-state index in [0.29, 0.717) is 16.1 Å². The van der Waals surface area contributed by atoms with E-state index >= 15 is 0 Å². The summed E-state index contributed by atoms with van der Waals surface area (Å²) < 4.78 is 42.4. The second-order valence-corrected chi connectivity index (χ2v) is 8.79. The molecule has 0 radical (unpaired) electrons. The Balaban J connectivity index is 1.54. The zero-order valence-corrected chi connectivity index (χ0v) is 19.5. The van der Waals surface area contributed by atoms with Crippen molar-refractivity contribution in [2.24, 2.45) is 0 Å². The number of nitrogens with one attached hydrogen (secondary N) is 2. The Hall–Kier alpha value is -2.71. The molecule has 4 nitrogen and oxygen atoms in total. The molecule has 34 heavy (non-hydrogen) atoms. The Labute approximate surface area is 208 Å². The first-order chi connectivity index (χ1) is 16.1. The van der Waals surface area contributed by atoms with Gasteiger partial charge in [0.15, 0.2) is 0 Å². The quantitative estimate of drug-likeness (QED) is 0.379.